The van der Waals surface area contributed by atoms with E-state index in [0.29, 0.717) is 34.1 Å². The number of rotatable bonds is 6. The number of fused-ring (bicyclic) bond motifs is 1. The molecular weight excluding hydrogens is 312 g/mol. The number of hydrogen-bond donors (Lipinski definition) is 3. The number of H-pyrrole nitrogens is 2. The Bertz CT molecular complexity index is 838. The molecule has 7 nitrogen and oxygen atoms in total. The smallest absolute Gasteiger partial charge is 0.183 e. The molecule has 1 atom stereocenters. The van der Waals surface area contributed by atoms with Crippen molar-refractivity contribution < 1.29 is 4.74 Å². The monoisotopic (exact) mass is 330 g/mol. The zero-order valence-corrected chi connectivity index (χ0v) is 13.6. The van der Waals surface area contributed by atoms with E-state index in [2.05, 4.69) is 31.8 Å². The second-order valence-corrected chi connectivity index (χ2v) is 5.60. The Balaban J connectivity index is 2.01. The highest BCUT2D eigenvalue weighted by molar-refractivity contribution is 7.71. The third-order valence-corrected chi connectivity index (χ3v) is 3.71. The standard InChI is InChI=1S/C15H18N6OS/c1-2-3-6-22-12(9-4-5-10(23)17-7-9)15-20-13(16)11-14(21-15)19-8-18-11/h4-5,7-8,12H,2-3,6H2,1H3,(H,17,23)(H3,16,18,19,20,21). The van der Waals surface area contributed by atoms with Crippen molar-refractivity contribution in [2.24, 2.45) is 0 Å². The summed E-state index contributed by atoms with van der Waals surface area (Å²) >= 11 is 5.09. The molecule has 0 saturated heterocycles. The molecule has 23 heavy (non-hydrogen) atoms. The summed E-state index contributed by atoms with van der Waals surface area (Å²) in [6.45, 7) is 2.72. The quantitative estimate of drug-likeness (QED) is 0.474. The number of nitrogens with zero attached hydrogens (tertiary/aromatic N) is 3. The predicted molar refractivity (Wildman–Crippen MR) is 90.4 cm³/mol. The van der Waals surface area contributed by atoms with E-state index < -0.39 is 6.10 Å². The highest BCUT2D eigenvalue weighted by Crippen LogP contribution is 2.25. The lowest BCUT2D eigenvalue weighted by molar-refractivity contribution is 0.0721. The van der Waals surface area contributed by atoms with Gasteiger partial charge < -0.3 is 20.4 Å². The fourth-order valence-electron chi connectivity index (χ4n) is 2.24. The minimum Gasteiger partial charge on any atom is -0.382 e. The van der Waals surface area contributed by atoms with Crippen molar-refractivity contribution in [1.29, 1.82) is 0 Å². The normalized spacial score (nSPS) is 12.6. The van der Waals surface area contributed by atoms with Gasteiger partial charge in [-0.15, -0.1) is 0 Å². The molecule has 0 bridgehead atoms. The highest BCUT2D eigenvalue weighted by atomic mass is 32.1. The number of hydrogen-bond acceptors (Lipinski definition) is 6. The van der Waals surface area contributed by atoms with Crippen molar-refractivity contribution in [2.75, 3.05) is 12.3 Å². The summed E-state index contributed by atoms with van der Waals surface area (Å²) in [7, 11) is 0. The average molecular weight is 330 g/mol. The fourth-order valence-corrected chi connectivity index (χ4v) is 2.37. The first-order valence-corrected chi connectivity index (χ1v) is 7.86. The number of nitrogens with one attached hydrogen (secondary N) is 2. The Labute approximate surface area is 138 Å². The molecule has 1 unspecified atom stereocenters. The van der Waals surface area contributed by atoms with Gasteiger partial charge in [0.05, 0.1) is 6.33 Å². The fraction of sp³-hybridized carbons (Fsp3) is 0.333. The van der Waals surface area contributed by atoms with Gasteiger partial charge in [0.1, 0.15) is 16.3 Å². The molecule has 120 valence electrons. The minimum atomic E-state index is -0.420. The van der Waals surface area contributed by atoms with Crippen LogP contribution in [0, 0.1) is 4.64 Å². The van der Waals surface area contributed by atoms with Crippen LogP contribution in [-0.2, 0) is 4.74 Å². The first-order chi connectivity index (χ1) is 11.2. The number of unbranched alkanes of at least 4 members (excludes halogenated alkanes) is 1. The summed E-state index contributed by atoms with van der Waals surface area (Å²) in [5.41, 5.74) is 8.05. The zero-order valence-electron chi connectivity index (χ0n) is 12.7. The van der Waals surface area contributed by atoms with Crippen molar-refractivity contribution in [3.05, 3.63) is 40.7 Å². The van der Waals surface area contributed by atoms with Crippen molar-refractivity contribution in [3.8, 4) is 0 Å². The average Bonchev–Trinajstić information content (AvgIpc) is 3.02. The van der Waals surface area contributed by atoms with Crippen LogP contribution in [0.15, 0.2) is 24.7 Å². The van der Waals surface area contributed by atoms with E-state index in [-0.39, 0.29) is 0 Å². The summed E-state index contributed by atoms with van der Waals surface area (Å²) in [4.78, 5) is 19.0. The Morgan fingerprint density at radius 3 is 2.91 bits per heavy atom. The molecule has 3 aromatic rings. The van der Waals surface area contributed by atoms with Crippen molar-refractivity contribution in [3.63, 3.8) is 0 Å². The summed E-state index contributed by atoms with van der Waals surface area (Å²) in [6, 6.07) is 3.72. The molecule has 0 spiro atoms. The molecule has 0 radical (unpaired) electrons. The van der Waals surface area contributed by atoms with Crippen molar-refractivity contribution in [2.45, 2.75) is 25.9 Å². The van der Waals surface area contributed by atoms with E-state index in [9.17, 15) is 0 Å². The maximum atomic E-state index is 6.00. The van der Waals surface area contributed by atoms with Gasteiger partial charge in [0, 0.05) is 18.4 Å². The summed E-state index contributed by atoms with van der Waals surface area (Å²) in [5.74, 6) is 0.846. The van der Waals surface area contributed by atoms with Crippen LogP contribution >= 0.6 is 12.2 Å². The highest BCUT2D eigenvalue weighted by Gasteiger charge is 2.20. The number of anilines is 1. The maximum Gasteiger partial charge on any atom is 0.183 e. The maximum absolute atomic E-state index is 6.00. The minimum absolute atomic E-state index is 0.357. The lowest BCUT2D eigenvalue weighted by atomic mass is 10.1. The molecular formula is C15H18N6OS. The van der Waals surface area contributed by atoms with Crippen LogP contribution in [0.3, 0.4) is 0 Å². The Morgan fingerprint density at radius 2 is 2.17 bits per heavy atom. The van der Waals surface area contributed by atoms with Crippen LogP contribution in [0.4, 0.5) is 5.82 Å². The van der Waals surface area contributed by atoms with Gasteiger partial charge in [0.25, 0.3) is 0 Å². The van der Waals surface area contributed by atoms with Gasteiger partial charge in [-0.2, -0.15) is 0 Å². The number of pyridine rings is 1. The number of nitrogens with two attached hydrogens (primary N) is 1. The van der Waals surface area contributed by atoms with Gasteiger partial charge in [-0.1, -0.05) is 31.6 Å². The molecule has 0 aliphatic rings. The van der Waals surface area contributed by atoms with Crippen LogP contribution in [0.25, 0.3) is 11.2 Å². The van der Waals surface area contributed by atoms with Gasteiger partial charge in [-0.3, -0.25) is 0 Å². The molecule has 3 heterocycles. The second-order valence-electron chi connectivity index (χ2n) is 5.16. The Kier molecular flexibility index (Phi) is 4.63. The number of ether oxygens (including phenoxy) is 1. The molecule has 0 aliphatic carbocycles. The van der Waals surface area contributed by atoms with Crippen LogP contribution in [-0.4, -0.2) is 31.5 Å². The van der Waals surface area contributed by atoms with Crippen molar-refractivity contribution in [1.82, 2.24) is 24.9 Å². The van der Waals surface area contributed by atoms with Crippen LogP contribution in [0.1, 0.15) is 37.3 Å². The van der Waals surface area contributed by atoms with Crippen molar-refractivity contribution >= 4 is 29.2 Å². The van der Waals surface area contributed by atoms with Gasteiger partial charge in [-0.25, -0.2) is 15.0 Å². The predicted octanol–water partition coefficient (Wildman–Crippen LogP) is 2.90. The zero-order chi connectivity index (χ0) is 16.2. The summed E-state index contributed by atoms with van der Waals surface area (Å²) in [6.07, 6.45) is 4.95. The molecule has 0 amide bonds. The number of aromatic amines is 2. The van der Waals surface area contributed by atoms with E-state index >= 15 is 0 Å². The topological polar surface area (TPSA) is 106 Å². The van der Waals surface area contributed by atoms with E-state index in [1.54, 1.807) is 6.33 Å². The molecule has 3 rings (SSSR count). The van der Waals surface area contributed by atoms with Crippen LogP contribution < -0.4 is 5.73 Å². The third-order valence-electron chi connectivity index (χ3n) is 3.46. The first kappa shape index (κ1) is 15.6. The van der Waals surface area contributed by atoms with Gasteiger partial charge in [0.15, 0.2) is 17.3 Å². The number of aromatic nitrogens is 5. The van der Waals surface area contributed by atoms with E-state index in [4.69, 9.17) is 22.7 Å². The molecule has 0 aliphatic heterocycles. The Morgan fingerprint density at radius 1 is 1.30 bits per heavy atom. The largest absolute Gasteiger partial charge is 0.382 e. The summed E-state index contributed by atoms with van der Waals surface area (Å²) in [5, 5.41) is 0. The van der Waals surface area contributed by atoms with Gasteiger partial charge in [-0.05, 0) is 12.5 Å². The Hall–Kier alpha value is -2.32. The lowest BCUT2D eigenvalue weighted by Gasteiger charge is -2.17. The molecule has 4 N–H and O–H groups in total. The van der Waals surface area contributed by atoms with Gasteiger partial charge in [0.2, 0.25) is 0 Å². The first-order valence-electron chi connectivity index (χ1n) is 7.45. The lowest BCUT2D eigenvalue weighted by Crippen LogP contribution is -2.13. The second kappa shape index (κ2) is 6.84. The molecule has 3 aromatic heterocycles. The number of nitrogen functional groups attached to an aromatic ring is 1. The molecule has 0 saturated carbocycles. The van der Waals surface area contributed by atoms with E-state index in [1.807, 2.05) is 18.3 Å². The summed E-state index contributed by atoms with van der Waals surface area (Å²) < 4.78 is 6.66. The molecule has 0 fully saturated rings. The van der Waals surface area contributed by atoms with E-state index in [1.165, 1.54) is 0 Å². The SMILES string of the molecule is CCCCOC(c1ccc(=S)[nH]c1)c1nc(N)c2[nH]cnc2n1. The van der Waals surface area contributed by atoms with Crippen LogP contribution in [0.5, 0.6) is 0 Å². The molecule has 8 heteroatoms. The van der Waals surface area contributed by atoms with E-state index in [0.717, 1.165) is 18.4 Å². The van der Waals surface area contributed by atoms with Crippen LogP contribution in [0.2, 0.25) is 0 Å². The molecule has 0 aromatic carbocycles. The number of imidazole rings is 1. The van der Waals surface area contributed by atoms with Gasteiger partial charge >= 0.3 is 0 Å². The third kappa shape index (κ3) is 3.38.